The summed E-state index contributed by atoms with van der Waals surface area (Å²) in [6, 6.07) is 6.87. The molecule has 0 saturated heterocycles. The van der Waals surface area contributed by atoms with Crippen LogP contribution in [0.3, 0.4) is 0 Å². The first kappa shape index (κ1) is 19.2. The summed E-state index contributed by atoms with van der Waals surface area (Å²) < 4.78 is 10.3. The lowest BCUT2D eigenvalue weighted by Crippen LogP contribution is -2.31. The van der Waals surface area contributed by atoms with Crippen LogP contribution in [0.5, 0.6) is 5.75 Å². The number of hydrogen-bond acceptors (Lipinski definition) is 5. The van der Waals surface area contributed by atoms with Gasteiger partial charge in [-0.15, -0.1) is 0 Å². The predicted octanol–water partition coefficient (Wildman–Crippen LogP) is 2.49. The molecule has 2 N–H and O–H groups in total. The van der Waals surface area contributed by atoms with Crippen molar-refractivity contribution in [3.63, 3.8) is 0 Å². The van der Waals surface area contributed by atoms with E-state index in [9.17, 15) is 14.4 Å². The number of ether oxygens (including phenoxy) is 2. The summed E-state index contributed by atoms with van der Waals surface area (Å²) in [7, 11) is 1.55. The van der Waals surface area contributed by atoms with E-state index in [1.54, 1.807) is 52.1 Å². The van der Waals surface area contributed by atoms with Gasteiger partial charge in [0.05, 0.1) is 19.3 Å². The fourth-order valence-corrected chi connectivity index (χ4v) is 2.65. The summed E-state index contributed by atoms with van der Waals surface area (Å²) in [6.45, 7) is 5.61. The summed E-state index contributed by atoms with van der Waals surface area (Å²) in [5, 5.41) is 2.48. The number of rotatable bonds is 7. The molecule has 1 amide bonds. The lowest BCUT2D eigenvalue weighted by molar-refractivity contribution is -0.116. The molecular formula is C19H22N2O5. The van der Waals surface area contributed by atoms with Crippen molar-refractivity contribution in [1.82, 2.24) is 10.3 Å². The Hall–Kier alpha value is -3.09. The van der Waals surface area contributed by atoms with Gasteiger partial charge in [0.2, 0.25) is 0 Å². The molecule has 0 aliphatic heterocycles. The number of carbonyl (C=O) groups is 3. The molecule has 0 bridgehead atoms. The summed E-state index contributed by atoms with van der Waals surface area (Å²) >= 11 is 0. The van der Waals surface area contributed by atoms with Gasteiger partial charge in [0, 0.05) is 17.8 Å². The molecule has 0 fully saturated rings. The Labute approximate surface area is 151 Å². The number of benzene rings is 1. The Morgan fingerprint density at radius 1 is 1.12 bits per heavy atom. The van der Waals surface area contributed by atoms with Crippen LogP contribution in [0, 0.1) is 6.92 Å². The fourth-order valence-electron chi connectivity index (χ4n) is 2.65. The molecule has 1 heterocycles. The van der Waals surface area contributed by atoms with Gasteiger partial charge in [-0.05, 0) is 38.5 Å². The molecule has 0 aliphatic rings. The van der Waals surface area contributed by atoms with Crippen molar-refractivity contribution in [2.45, 2.75) is 20.8 Å². The maximum Gasteiger partial charge on any atom is 0.340 e. The van der Waals surface area contributed by atoms with Crippen molar-refractivity contribution in [3.8, 4) is 16.9 Å². The van der Waals surface area contributed by atoms with Gasteiger partial charge in [0.15, 0.2) is 0 Å². The van der Waals surface area contributed by atoms with Crippen LogP contribution in [0.4, 0.5) is 0 Å². The third-order valence-corrected chi connectivity index (χ3v) is 3.82. The Kier molecular flexibility index (Phi) is 6.16. The zero-order valence-electron chi connectivity index (χ0n) is 15.3. The summed E-state index contributed by atoms with van der Waals surface area (Å²) in [4.78, 5) is 39.9. The van der Waals surface area contributed by atoms with Crippen molar-refractivity contribution in [1.29, 1.82) is 0 Å². The largest absolute Gasteiger partial charge is 0.497 e. The van der Waals surface area contributed by atoms with Crippen molar-refractivity contribution in [2.75, 3.05) is 20.3 Å². The average Bonchev–Trinajstić information content (AvgIpc) is 2.98. The van der Waals surface area contributed by atoms with Crippen LogP contribution in [0.1, 0.15) is 40.4 Å². The molecule has 0 atom stereocenters. The highest BCUT2D eigenvalue weighted by Gasteiger charge is 2.29. The minimum absolute atomic E-state index is 0.0571. The molecular weight excluding hydrogens is 336 g/mol. The number of nitrogens with one attached hydrogen (secondary N) is 2. The topological polar surface area (TPSA) is 97.5 Å². The standard InChI is InChI=1S/C19H22N2O5/c1-5-20-18(23)17(22)16-15(12-7-9-13(25-4)10-8-12)14(11(3)21-16)19(24)26-6-2/h7-10,21H,5-6H2,1-4H3,(H,20,23). The van der Waals surface area contributed by atoms with Crippen molar-refractivity contribution in [2.24, 2.45) is 0 Å². The van der Waals surface area contributed by atoms with Crippen LogP contribution < -0.4 is 10.1 Å². The van der Waals surface area contributed by atoms with Crippen LogP contribution in [-0.2, 0) is 9.53 Å². The van der Waals surface area contributed by atoms with Crippen LogP contribution >= 0.6 is 0 Å². The Morgan fingerprint density at radius 2 is 1.77 bits per heavy atom. The molecule has 0 aliphatic carbocycles. The third kappa shape index (κ3) is 3.77. The smallest absolute Gasteiger partial charge is 0.340 e. The lowest BCUT2D eigenvalue weighted by Gasteiger charge is -2.09. The molecule has 7 nitrogen and oxygen atoms in total. The second-order valence-corrected chi connectivity index (χ2v) is 5.51. The van der Waals surface area contributed by atoms with Crippen molar-refractivity contribution < 1.29 is 23.9 Å². The van der Waals surface area contributed by atoms with E-state index >= 15 is 0 Å². The number of hydrogen-bond donors (Lipinski definition) is 2. The monoisotopic (exact) mass is 358 g/mol. The van der Waals surface area contributed by atoms with Gasteiger partial charge in [0.1, 0.15) is 11.4 Å². The van der Waals surface area contributed by atoms with E-state index in [2.05, 4.69) is 10.3 Å². The SMILES string of the molecule is CCNC(=O)C(=O)c1[nH]c(C)c(C(=O)OCC)c1-c1ccc(OC)cc1. The van der Waals surface area contributed by atoms with Crippen molar-refractivity contribution in [3.05, 3.63) is 41.2 Å². The average molecular weight is 358 g/mol. The van der Waals surface area contributed by atoms with Crippen LogP contribution in [0.25, 0.3) is 11.1 Å². The van der Waals surface area contributed by atoms with Crippen LogP contribution in [0.2, 0.25) is 0 Å². The molecule has 0 saturated carbocycles. The van der Waals surface area contributed by atoms with Gasteiger partial charge < -0.3 is 19.8 Å². The Bertz CT molecular complexity index is 821. The third-order valence-electron chi connectivity index (χ3n) is 3.82. The molecule has 138 valence electrons. The lowest BCUT2D eigenvalue weighted by atomic mass is 9.98. The number of amides is 1. The number of esters is 1. The maximum atomic E-state index is 12.6. The number of aromatic amines is 1. The Balaban J connectivity index is 2.64. The van der Waals surface area contributed by atoms with Crippen LogP contribution in [-0.4, -0.2) is 42.9 Å². The van der Waals surface area contributed by atoms with Gasteiger partial charge in [-0.2, -0.15) is 0 Å². The summed E-state index contributed by atoms with van der Waals surface area (Å²) in [5.74, 6) is -1.40. The van der Waals surface area contributed by atoms with E-state index in [4.69, 9.17) is 9.47 Å². The first-order valence-electron chi connectivity index (χ1n) is 8.31. The summed E-state index contributed by atoms with van der Waals surface area (Å²) in [5.41, 5.74) is 1.71. The highest BCUT2D eigenvalue weighted by atomic mass is 16.5. The van der Waals surface area contributed by atoms with Gasteiger partial charge in [-0.25, -0.2) is 4.79 Å². The Morgan fingerprint density at radius 3 is 2.31 bits per heavy atom. The zero-order chi connectivity index (χ0) is 19.3. The van der Waals surface area contributed by atoms with E-state index in [0.717, 1.165) is 0 Å². The number of H-pyrrole nitrogens is 1. The number of Topliss-reactive ketones (excluding diaryl/α,β-unsaturated/α-hetero) is 1. The quantitative estimate of drug-likeness (QED) is 0.450. The second-order valence-electron chi connectivity index (χ2n) is 5.51. The highest BCUT2D eigenvalue weighted by molar-refractivity contribution is 6.43. The molecule has 0 radical (unpaired) electrons. The molecule has 2 rings (SSSR count). The molecule has 2 aromatic rings. The molecule has 26 heavy (non-hydrogen) atoms. The highest BCUT2D eigenvalue weighted by Crippen LogP contribution is 2.32. The first-order valence-corrected chi connectivity index (χ1v) is 8.31. The molecule has 1 aromatic carbocycles. The minimum atomic E-state index is -0.740. The molecule has 0 spiro atoms. The van der Waals surface area contributed by atoms with Gasteiger partial charge in [-0.3, -0.25) is 9.59 Å². The number of likely N-dealkylation sites (N-methyl/N-ethyl adjacent to an activating group) is 1. The molecule has 0 unspecified atom stereocenters. The van der Waals surface area contributed by atoms with E-state index in [-0.39, 0.29) is 17.9 Å². The molecule has 7 heteroatoms. The fraction of sp³-hybridized carbons (Fsp3) is 0.316. The number of carbonyl (C=O) groups excluding carboxylic acids is 3. The van der Waals surface area contributed by atoms with E-state index in [1.807, 2.05) is 0 Å². The van der Waals surface area contributed by atoms with E-state index < -0.39 is 17.7 Å². The van der Waals surface area contributed by atoms with Gasteiger partial charge in [-0.1, -0.05) is 12.1 Å². The zero-order valence-corrected chi connectivity index (χ0v) is 15.3. The van der Waals surface area contributed by atoms with E-state index in [1.165, 1.54) is 0 Å². The van der Waals surface area contributed by atoms with Gasteiger partial charge in [0.25, 0.3) is 11.7 Å². The van der Waals surface area contributed by atoms with Gasteiger partial charge >= 0.3 is 5.97 Å². The maximum absolute atomic E-state index is 12.6. The number of aryl methyl sites for hydroxylation is 1. The normalized spacial score (nSPS) is 10.3. The van der Waals surface area contributed by atoms with Crippen LogP contribution in [0.15, 0.2) is 24.3 Å². The number of aromatic nitrogens is 1. The number of methoxy groups -OCH3 is 1. The predicted molar refractivity (Wildman–Crippen MR) is 96.5 cm³/mol. The first-order chi connectivity index (χ1) is 12.4. The minimum Gasteiger partial charge on any atom is -0.497 e. The summed E-state index contributed by atoms with van der Waals surface area (Å²) in [6.07, 6.45) is 0. The second kappa shape index (κ2) is 8.33. The van der Waals surface area contributed by atoms with E-state index in [0.29, 0.717) is 29.1 Å². The number of ketones is 1. The molecule has 1 aromatic heterocycles. The van der Waals surface area contributed by atoms with Crippen molar-refractivity contribution >= 4 is 17.7 Å².